The van der Waals surface area contributed by atoms with Crippen LogP contribution in [0.25, 0.3) is 6.08 Å². The van der Waals surface area contributed by atoms with Gasteiger partial charge in [0.1, 0.15) is 0 Å². The maximum atomic E-state index is 13.5. The highest BCUT2D eigenvalue weighted by atomic mass is 16.3. The third kappa shape index (κ3) is 7.56. The van der Waals surface area contributed by atoms with Crippen LogP contribution in [0.3, 0.4) is 0 Å². The quantitative estimate of drug-likeness (QED) is 0.158. The summed E-state index contributed by atoms with van der Waals surface area (Å²) in [7, 11) is 0. The van der Waals surface area contributed by atoms with Gasteiger partial charge >= 0.3 is 0 Å². The van der Waals surface area contributed by atoms with E-state index >= 15 is 0 Å². The summed E-state index contributed by atoms with van der Waals surface area (Å²) in [6.07, 6.45) is 11.5. The van der Waals surface area contributed by atoms with Crippen molar-refractivity contribution in [3.63, 3.8) is 0 Å². The molecule has 1 N–H and O–H groups in total. The third-order valence-electron chi connectivity index (χ3n) is 7.58. The zero-order valence-electron chi connectivity index (χ0n) is 23.1. The highest BCUT2D eigenvalue weighted by molar-refractivity contribution is 6.10. The summed E-state index contributed by atoms with van der Waals surface area (Å²) in [6.45, 7) is 13.3. The van der Waals surface area contributed by atoms with E-state index in [0.717, 1.165) is 68.9 Å². The van der Waals surface area contributed by atoms with Gasteiger partial charge in [-0.25, -0.2) is 0 Å². The van der Waals surface area contributed by atoms with Crippen molar-refractivity contribution in [2.45, 2.75) is 117 Å². The number of rotatable bonds is 15. The minimum Gasteiger partial charge on any atom is -0.504 e. The Kier molecular flexibility index (Phi) is 12.3. The lowest BCUT2D eigenvalue weighted by atomic mass is 9.83. The van der Waals surface area contributed by atoms with Crippen molar-refractivity contribution < 1.29 is 9.90 Å². The van der Waals surface area contributed by atoms with E-state index in [2.05, 4.69) is 65.8 Å². The van der Waals surface area contributed by atoms with Crippen LogP contribution < -0.4 is 0 Å². The molecule has 0 fully saturated rings. The molecule has 0 bridgehead atoms. The molecule has 0 aromatic heterocycles. The van der Waals surface area contributed by atoms with E-state index in [0.29, 0.717) is 23.3 Å². The normalized spacial score (nSPS) is 14.5. The average molecular weight is 477 g/mol. The first-order valence-corrected chi connectivity index (χ1v) is 14.1. The van der Waals surface area contributed by atoms with Gasteiger partial charge < -0.3 is 5.11 Å². The summed E-state index contributed by atoms with van der Waals surface area (Å²) in [4.78, 5) is 13.5. The number of Topliss-reactive ketones (excluding diaryl/α,β-unsaturated/α-hetero) is 1. The smallest absolute Gasteiger partial charge is 0.227 e. The maximum Gasteiger partial charge on any atom is 0.227 e. The van der Waals surface area contributed by atoms with Crippen molar-refractivity contribution in [2.24, 2.45) is 0 Å². The lowest BCUT2D eigenvalue weighted by Crippen LogP contribution is -2.10. The average Bonchev–Trinajstić information content (AvgIpc) is 2.88. The second-order valence-electron chi connectivity index (χ2n) is 10.0. The molecule has 0 aliphatic heterocycles. The lowest BCUT2D eigenvalue weighted by Gasteiger charge is -2.21. The number of ketones is 1. The van der Waals surface area contributed by atoms with Gasteiger partial charge in [-0.05, 0) is 84.6 Å². The molecule has 0 spiro atoms. The SMILES string of the molecule is CCCC(CC)c1ccc(C(CC)CCC)c(C=C(O)C(=O)c2ccccc2C(CC)CCC)c1. The Morgan fingerprint density at radius 3 is 1.86 bits per heavy atom. The van der Waals surface area contributed by atoms with Crippen molar-refractivity contribution in [3.05, 3.63) is 76.0 Å². The van der Waals surface area contributed by atoms with Crippen molar-refractivity contribution >= 4 is 11.9 Å². The van der Waals surface area contributed by atoms with Gasteiger partial charge in [-0.3, -0.25) is 4.79 Å². The Labute approximate surface area is 214 Å². The Balaban J connectivity index is 2.56. The predicted octanol–water partition coefficient (Wildman–Crippen LogP) is 10.3. The van der Waals surface area contributed by atoms with E-state index in [-0.39, 0.29) is 11.5 Å². The zero-order valence-corrected chi connectivity index (χ0v) is 23.1. The molecule has 2 aromatic rings. The molecule has 0 aliphatic rings. The number of hydrogen-bond donors (Lipinski definition) is 1. The van der Waals surface area contributed by atoms with Crippen LogP contribution in [-0.2, 0) is 0 Å². The molecule has 2 heteroatoms. The number of allylic oxidation sites excluding steroid dienone is 1. The van der Waals surface area contributed by atoms with Gasteiger partial charge in [0, 0.05) is 5.56 Å². The van der Waals surface area contributed by atoms with Crippen molar-refractivity contribution in [1.82, 2.24) is 0 Å². The van der Waals surface area contributed by atoms with E-state index in [1.54, 1.807) is 6.08 Å². The molecule has 0 heterocycles. The van der Waals surface area contributed by atoms with Crippen LogP contribution >= 0.6 is 0 Å². The van der Waals surface area contributed by atoms with Crippen LogP contribution in [0.5, 0.6) is 0 Å². The molecular weight excluding hydrogens is 428 g/mol. The van der Waals surface area contributed by atoms with Gasteiger partial charge in [0.15, 0.2) is 5.76 Å². The standard InChI is InChI=1S/C33H48O2/c1-7-15-24(10-4)27-20-21-29(25(11-5)16-8-2)28(22-27)23-32(34)33(35)31-19-14-13-18-30(31)26(12-6)17-9-3/h13-14,18-26,34H,7-12,15-17H2,1-6H3. The highest BCUT2D eigenvalue weighted by Gasteiger charge is 2.21. The molecule has 35 heavy (non-hydrogen) atoms. The first-order chi connectivity index (χ1) is 16.9. The fraction of sp³-hybridized carbons (Fsp3) is 0.545. The third-order valence-corrected chi connectivity index (χ3v) is 7.58. The highest BCUT2D eigenvalue weighted by Crippen LogP contribution is 2.34. The monoisotopic (exact) mass is 476 g/mol. The Bertz CT molecular complexity index is 955. The van der Waals surface area contributed by atoms with Crippen molar-refractivity contribution in [1.29, 1.82) is 0 Å². The van der Waals surface area contributed by atoms with Crippen LogP contribution in [0.2, 0.25) is 0 Å². The summed E-state index contributed by atoms with van der Waals surface area (Å²) in [5.74, 6) is 0.842. The molecule has 3 atom stereocenters. The fourth-order valence-corrected chi connectivity index (χ4v) is 5.57. The molecule has 0 saturated carbocycles. The van der Waals surface area contributed by atoms with Crippen molar-refractivity contribution in [3.8, 4) is 0 Å². The van der Waals surface area contributed by atoms with E-state index in [4.69, 9.17) is 0 Å². The van der Waals surface area contributed by atoms with Gasteiger partial charge in [0.05, 0.1) is 0 Å². The number of aliphatic hydroxyl groups is 1. The van der Waals surface area contributed by atoms with Gasteiger partial charge in [-0.2, -0.15) is 0 Å². The Hall–Kier alpha value is -2.35. The number of carbonyl (C=O) groups is 1. The molecule has 2 aromatic carbocycles. The fourth-order valence-electron chi connectivity index (χ4n) is 5.57. The number of benzene rings is 2. The van der Waals surface area contributed by atoms with Crippen LogP contribution in [0.1, 0.15) is 150 Å². The van der Waals surface area contributed by atoms with Gasteiger partial charge in [0.25, 0.3) is 0 Å². The van der Waals surface area contributed by atoms with Gasteiger partial charge in [0.2, 0.25) is 5.78 Å². The summed E-state index contributed by atoms with van der Waals surface area (Å²) in [5, 5.41) is 11.1. The molecule has 3 unspecified atom stereocenters. The summed E-state index contributed by atoms with van der Waals surface area (Å²) >= 11 is 0. The van der Waals surface area contributed by atoms with E-state index in [9.17, 15) is 9.90 Å². The largest absolute Gasteiger partial charge is 0.504 e. The first-order valence-electron chi connectivity index (χ1n) is 14.1. The lowest BCUT2D eigenvalue weighted by molar-refractivity contribution is 0.0979. The van der Waals surface area contributed by atoms with Crippen LogP contribution in [0.15, 0.2) is 48.2 Å². The molecule has 0 aliphatic carbocycles. The topological polar surface area (TPSA) is 37.3 Å². The summed E-state index contributed by atoms with van der Waals surface area (Å²) < 4.78 is 0. The predicted molar refractivity (Wildman–Crippen MR) is 152 cm³/mol. The number of carbonyl (C=O) groups excluding carboxylic acids is 1. The molecule has 2 rings (SSSR count). The molecule has 192 valence electrons. The minimum atomic E-state index is -0.268. The second kappa shape index (κ2) is 14.9. The van der Waals surface area contributed by atoms with E-state index in [1.165, 1.54) is 11.1 Å². The summed E-state index contributed by atoms with van der Waals surface area (Å²) in [5.41, 5.74) is 5.25. The van der Waals surface area contributed by atoms with Crippen LogP contribution in [0.4, 0.5) is 0 Å². The molecular formula is C33H48O2. The number of hydrogen-bond acceptors (Lipinski definition) is 2. The van der Waals surface area contributed by atoms with Crippen LogP contribution in [0, 0.1) is 0 Å². The van der Waals surface area contributed by atoms with E-state index < -0.39 is 0 Å². The minimum absolute atomic E-state index is 0.155. The molecule has 0 radical (unpaired) electrons. The zero-order chi connectivity index (χ0) is 25.8. The molecule has 0 saturated heterocycles. The maximum absolute atomic E-state index is 13.5. The number of aliphatic hydroxyl groups excluding tert-OH is 1. The van der Waals surface area contributed by atoms with E-state index in [1.807, 2.05) is 18.2 Å². The second-order valence-corrected chi connectivity index (χ2v) is 10.0. The van der Waals surface area contributed by atoms with Gasteiger partial charge in [-0.1, -0.05) is 103 Å². The Morgan fingerprint density at radius 1 is 0.743 bits per heavy atom. The Morgan fingerprint density at radius 2 is 1.29 bits per heavy atom. The molecule has 2 nitrogen and oxygen atoms in total. The molecule has 0 amide bonds. The first kappa shape index (κ1) is 28.9. The van der Waals surface area contributed by atoms with Gasteiger partial charge in [-0.15, -0.1) is 0 Å². The van der Waals surface area contributed by atoms with Crippen molar-refractivity contribution in [2.75, 3.05) is 0 Å². The summed E-state index contributed by atoms with van der Waals surface area (Å²) in [6, 6.07) is 14.6. The van der Waals surface area contributed by atoms with Crippen LogP contribution in [-0.4, -0.2) is 10.9 Å².